The maximum atomic E-state index is 14.7. The van der Waals surface area contributed by atoms with Gasteiger partial charge in [-0.2, -0.15) is 0 Å². The summed E-state index contributed by atoms with van der Waals surface area (Å²) in [4.78, 5) is 31.0. The van der Waals surface area contributed by atoms with Crippen LogP contribution in [0.15, 0.2) is 64.4 Å². The third kappa shape index (κ3) is 3.54. The zero-order chi connectivity index (χ0) is 22.2. The number of hydrogen-bond acceptors (Lipinski definition) is 4. The second-order valence-electron chi connectivity index (χ2n) is 7.79. The van der Waals surface area contributed by atoms with Crippen molar-refractivity contribution in [3.8, 4) is 5.69 Å². The first-order chi connectivity index (χ1) is 15.5. The van der Waals surface area contributed by atoms with Gasteiger partial charge in [-0.1, -0.05) is 30.3 Å². The van der Waals surface area contributed by atoms with Crippen molar-refractivity contribution in [2.75, 3.05) is 6.61 Å². The Labute approximate surface area is 181 Å². The molecule has 2 aromatic carbocycles. The van der Waals surface area contributed by atoms with E-state index in [0.29, 0.717) is 19.2 Å². The van der Waals surface area contributed by atoms with Crippen LogP contribution in [0.1, 0.15) is 18.4 Å². The van der Waals surface area contributed by atoms with Crippen LogP contribution >= 0.6 is 0 Å². The molecule has 0 N–H and O–H groups in total. The van der Waals surface area contributed by atoms with Crippen LogP contribution in [-0.2, 0) is 17.8 Å². The largest absolute Gasteiger partial charge is 0.376 e. The number of rotatable bonds is 5. The Balaban J connectivity index is 1.76. The molecule has 32 heavy (non-hydrogen) atoms. The number of nitrogens with zero attached hydrogens (tertiary/aromatic N) is 4. The fourth-order valence-electron chi connectivity index (χ4n) is 4.11. The lowest BCUT2D eigenvalue weighted by atomic mass is 10.2. The van der Waals surface area contributed by atoms with Gasteiger partial charge in [0.25, 0.3) is 5.56 Å². The van der Waals surface area contributed by atoms with Crippen LogP contribution in [0.2, 0.25) is 0 Å². The van der Waals surface area contributed by atoms with Crippen molar-refractivity contribution in [1.82, 2.24) is 18.7 Å². The van der Waals surface area contributed by atoms with Crippen molar-refractivity contribution in [2.24, 2.45) is 0 Å². The van der Waals surface area contributed by atoms with Crippen LogP contribution in [-0.4, -0.2) is 31.4 Å². The van der Waals surface area contributed by atoms with Crippen LogP contribution in [0.4, 0.5) is 8.78 Å². The highest BCUT2D eigenvalue weighted by Crippen LogP contribution is 2.19. The number of imidazole rings is 1. The Morgan fingerprint density at radius 2 is 1.91 bits per heavy atom. The molecule has 0 saturated carbocycles. The zero-order valence-corrected chi connectivity index (χ0v) is 17.1. The molecule has 1 atom stereocenters. The highest BCUT2D eigenvalue weighted by Gasteiger charge is 2.24. The number of fused-ring (bicyclic) bond motifs is 1. The summed E-state index contributed by atoms with van der Waals surface area (Å²) in [6.07, 6.45) is 2.73. The average molecular weight is 438 g/mol. The normalized spacial score (nSPS) is 16.1. The maximum absolute atomic E-state index is 14.7. The second kappa shape index (κ2) is 8.16. The van der Waals surface area contributed by atoms with E-state index in [1.54, 1.807) is 4.57 Å². The first kappa shape index (κ1) is 20.3. The Morgan fingerprint density at radius 3 is 2.62 bits per heavy atom. The summed E-state index contributed by atoms with van der Waals surface area (Å²) >= 11 is 0. The van der Waals surface area contributed by atoms with E-state index in [1.807, 2.05) is 30.3 Å². The van der Waals surface area contributed by atoms with Crippen LogP contribution in [0.5, 0.6) is 0 Å². The third-order valence-electron chi connectivity index (χ3n) is 5.66. The molecule has 0 amide bonds. The molecule has 0 aliphatic carbocycles. The van der Waals surface area contributed by atoms with Crippen molar-refractivity contribution >= 4 is 11.2 Å². The van der Waals surface area contributed by atoms with Crippen LogP contribution in [0.3, 0.4) is 0 Å². The quantitative estimate of drug-likeness (QED) is 0.481. The van der Waals surface area contributed by atoms with Gasteiger partial charge in [0.15, 0.2) is 11.2 Å². The number of aromatic nitrogens is 4. The summed E-state index contributed by atoms with van der Waals surface area (Å²) in [6, 6.07) is 12.4. The standard InChI is InChI=1S/C23H20F2N4O3/c24-16-8-9-19(18(25)11-16)29-21-20(27(14-26-21)12-15-5-2-1-3-6-15)22(30)28(23(29)31)13-17-7-4-10-32-17/h1-3,5-6,8-9,11,14,17H,4,7,10,12-13H2/t17-/m1/s1. The van der Waals surface area contributed by atoms with Gasteiger partial charge < -0.3 is 9.30 Å². The molecule has 1 saturated heterocycles. The Kier molecular flexibility index (Phi) is 5.18. The molecular weight excluding hydrogens is 418 g/mol. The van der Waals surface area contributed by atoms with E-state index in [-0.39, 0.29) is 29.5 Å². The number of benzene rings is 2. The second-order valence-corrected chi connectivity index (χ2v) is 7.79. The smallest absolute Gasteiger partial charge is 0.337 e. The van der Waals surface area contributed by atoms with Crippen molar-refractivity contribution in [3.05, 3.63) is 92.9 Å². The van der Waals surface area contributed by atoms with Gasteiger partial charge >= 0.3 is 5.69 Å². The lowest BCUT2D eigenvalue weighted by Gasteiger charge is -2.15. The highest BCUT2D eigenvalue weighted by molar-refractivity contribution is 5.72. The predicted octanol–water partition coefficient (Wildman–Crippen LogP) is 2.85. The monoisotopic (exact) mass is 438 g/mol. The Bertz CT molecular complexity index is 1400. The van der Waals surface area contributed by atoms with E-state index in [1.165, 1.54) is 12.4 Å². The maximum Gasteiger partial charge on any atom is 0.337 e. The molecule has 9 heteroatoms. The third-order valence-corrected chi connectivity index (χ3v) is 5.66. The predicted molar refractivity (Wildman–Crippen MR) is 114 cm³/mol. The first-order valence-electron chi connectivity index (χ1n) is 10.3. The van der Waals surface area contributed by atoms with Crippen molar-refractivity contribution in [2.45, 2.75) is 32.0 Å². The van der Waals surface area contributed by atoms with E-state index in [2.05, 4.69) is 4.98 Å². The molecule has 3 heterocycles. The summed E-state index contributed by atoms with van der Waals surface area (Å²) in [6.45, 7) is 0.956. The minimum atomic E-state index is -0.923. The number of halogens is 2. The van der Waals surface area contributed by atoms with Gasteiger partial charge in [-0.05, 0) is 30.5 Å². The van der Waals surface area contributed by atoms with Crippen molar-refractivity contribution < 1.29 is 13.5 Å². The van der Waals surface area contributed by atoms with Gasteiger partial charge in [0, 0.05) is 19.2 Å². The van der Waals surface area contributed by atoms with Gasteiger partial charge in [-0.25, -0.2) is 23.1 Å². The molecular formula is C23H20F2N4O3. The molecule has 1 fully saturated rings. The molecule has 0 unspecified atom stereocenters. The summed E-state index contributed by atoms with van der Waals surface area (Å²) in [5.41, 5.74) is -0.323. The summed E-state index contributed by atoms with van der Waals surface area (Å²) in [5.74, 6) is -1.69. The van der Waals surface area contributed by atoms with Crippen molar-refractivity contribution in [1.29, 1.82) is 0 Å². The Morgan fingerprint density at radius 1 is 1.09 bits per heavy atom. The number of hydrogen-bond donors (Lipinski definition) is 0. The summed E-state index contributed by atoms with van der Waals surface area (Å²) in [5, 5.41) is 0. The summed E-state index contributed by atoms with van der Waals surface area (Å²) < 4.78 is 37.5. The average Bonchev–Trinajstić information content (AvgIpc) is 3.44. The van der Waals surface area contributed by atoms with E-state index < -0.39 is 22.9 Å². The fourth-order valence-corrected chi connectivity index (χ4v) is 4.11. The van der Waals surface area contributed by atoms with Gasteiger partial charge in [0.05, 0.1) is 24.7 Å². The van der Waals surface area contributed by atoms with Gasteiger partial charge in [0.2, 0.25) is 0 Å². The molecule has 2 aromatic heterocycles. The minimum absolute atomic E-state index is 0.0185. The van der Waals surface area contributed by atoms with Gasteiger partial charge in [0.1, 0.15) is 11.6 Å². The van der Waals surface area contributed by atoms with E-state index in [4.69, 9.17) is 4.74 Å². The van der Waals surface area contributed by atoms with Gasteiger partial charge in [-0.15, -0.1) is 0 Å². The highest BCUT2D eigenvalue weighted by atomic mass is 19.1. The molecule has 1 aliphatic heterocycles. The van der Waals surface area contributed by atoms with Crippen LogP contribution in [0, 0.1) is 11.6 Å². The first-order valence-corrected chi connectivity index (χ1v) is 10.3. The fraction of sp³-hybridized carbons (Fsp3) is 0.261. The van der Waals surface area contributed by atoms with E-state index in [0.717, 1.165) is 33.6 Å². The lowest BCUT2D eigenvalue weighted by Crippen LogP contribution is -2.42. The van der Waals surface area contributed by atoms with Crippen LogP contribution in [0.25, 0.3) is 16.9 Å². The van der Waals surface area contributed by atoms with E-state index in [9.17, 15) is 18.4 Å². The molecule has 0 bridgehead atoms. The lowest BCUT2D eigenvalue weighted by molar-refractivity contribution is 0.0950. The summed E-state index contributed by atoms with van der Waals surface area (Å²) in [7, 11) is 0. The molecule has 164 valence electrons. The topological polar surface area (TPSA) is 71.0 Å². The molecule has 1 aliphatic rings. The van der Waals surface area contributed by atoms with Gasteiger partial charge in [-0.3, -0.25) is 9.36 Å². The van der Waals surface area contributed by atoms with E-state index >= 15 is 0 Å². The zero-order valence-electron chi connectivity index (χ0n) is 17.1. The molecule has 4 aromatic rings. The van der Waals surface area contributed by atoms with Crippen molar-refractivity contribution in [3.63, 3.8) is 0 Å². The molecule has 0 radical (unpaired) electrons. The molecule has 0 spiro atoms. The molecule has 7 nitrogen and oxygen atoms in total. The molecule has 5 rings (SSSR count). The van der Waals surface area contributed by atoms with Crippen LogP contribution < -0.4 is 11.2 Å². The SMILES string of the molecule is O=c1c2c(ncn2Cc2ccccc2)n(-c2ccc(F)cc2F)c(=O)n1C[C@H]1CCCO1. The Hall–Kier alpha value is -3.59. The minimum Gasteiger partial charge on any atom is -0.376 e. The number of ether oxygens (including phenoxy) is 1.